The van der Waals surface area contributed by atoms with Crippen LogP contribution in [0, 0.1) is 0 Å². The third kappa shape index (κ3) is 3.80. The van der Waals surface area contributed by atoms with Gasteiger partial charge in [0, 0.05) is 11.6 Å². The first-order valence-corrected chi connectivity index (χ1v) is 8.27. The summed E-state index contributed by atoms with van der Waals surface area (Å²) < 4.78 is 0. The van der Waals surface area contributed by atoms with E-state index < -0.39 is 5.41 Å². The lowest BCUT2D eigenvalue weighted by molar-refractivity contribution is -0.129. The summed E-state index contributed by atoms with van der Waals surface area (Å²) in [4.78, 5) is 24.4. The van der Waals surface area contributed by atoms with Crippen molar-refractivity contribution < 1.29 is 9.59 Å². The van der Waals surface area contributed by atoms with Crippen molar-refractivity contribution in [3.05, 3.63) is 34.9 Å². The molecule has 1 aliphatic carbocycles. The Bertz CT molecular complexity index is 522. The second-order valence-corrected chi connectivity index (χ2v) is 6.27. The molecule has 120 valence electrons. The van der Waals surface area contributed by atoms with Crippen molar-refractivity contribution in [3.63, 3.8) is 0 Å². The molecule has 0 aliphatic heterocycles. The van der Waals surface area contributed by atoms with Gasteiger partial charge in [-0.1, -0.05) is 43.5 Å². The lowest BCUT2D eigenvalue weighted by atomic mass is 9.78. The Balaban J connectivity index is 2.06. The van der Waals surface area contributed by atoms with Crippen molar-refractivity contribution in [2.24, 2.45) is 0 Å². The van der Waals surface area contributed by atoms with Crippen LogP contribution in [0.1, 0.15) is 44.6 Å². The van der Waals surface area contributed by atoms with E-state index in [0.29, 0.717) is 11.6 Å². The summed E-state index contributed by atoms with van der Waals surface area (Å²) in [5.74, 6) is -0.196. The van der Waals surface area contributed by atoms with Gasteiger partial charge in [0.15, 0.2) is 0 Å². The first-order chi connectivity index (χ1) is 10.6. The molecule has 0 radical (unpaired) electrons. The second-order valence-electron chi connectivity index (χ2n) is 5.83. The molecule has 5 heteroatoms. The normalized spacial score (nSPS) is 16.3. The highest BCUT2D eigenvalue weighted by atomic mass is 35.5. The summed E-state index contributed by atoms with van der Waals surface area (Å²) in [5, 5.41) is 6.23. The van der Waals surface area contributed by atoms with Crippen LogP contribution in [0.15, 0.2) is 24.3 Å². The lowest BCUT2D eigenvalue weighted by Crippen LogP contribution is -2.46. The van der Waals surface area contributed by atoms with E-state index in [4.69, 9.17) is 11.6 Å². The molecule has 1 aromatic carbocycles. The Hall–Kier alpha value is -1.55. The Morgan fingerprint density at radius 3 is 2.36 bits per heavy atom. The fraction of sp³-hybridized carbons (Fsp3) is 0.529. The highest BCUT2D eigenvalue weighted by molar-refractivity contribution is 6.30. The lowest BCUT2D eigenvalue weighted by Gasteiger charge is -2.28. The number of carbonyl (C=O) groups excluding carboxylic acids is 2. The molecular formula is C17H23ClN2O2. The molecule has 2 rings (SSSR count). The maximum Gasteiger partial charge on any atom is 0.239 e. The quantitative estimate of drug-likeness (QED) is 0.846. The minimum Gasteiger partial charge on any atom is -0.355 e. The number of hydrogen-bond donors (Lipinski definition) is 2. The summed E-state index contributed by atoms with van der Waals surface area (Å²) in [6.07, 6.45) is 4.57. The van der Waals surface area contributed by atoms with E-state index >= 15 is 0 Å². The zero-order chi connectivity index (χ0) is 16.0. The Labute approximate surface area is 136 Å². The van der Waals surface area contributed by atoms with Gasteiger partial charge in [-0.05, 0) is 37.0 Å². The van der Waals surface area contributed by atoms with Crippen LogP contribution in [-0.4, -0.2) is 24.9 Å². The van der Waals surface area contributed by atoms with Crippen LogP contribution >= 0.6 is 11.6 Å². The van der Waals surface area contributed by atoms with Gasteiger partial charge in [-0.3, -0.25) is 9.59 Å². The van der Waals surface area contributed by atoms with Gasteiger partial charge in [-0.25, -0.2) is 0 Å². The third-order valence-electron chi connectivity index (χ3n) is 4.27. The van der Waals surface area contributed by atoms with Gasteiger partial charge < -0.3 is 10.6 Å². The van der Waals surface area contributed by atoms with Crippen LogP contribution in [0.4, 0.5) is 0 Å². The highest BCUT2D eigenvalue weighted by Gasteiger charge is 2.42. The monoisotopic (exact) mass is 322 g/mol. The molecule has 1 saturated carbocycles. The van der Waals surface area contributed by atoms with E-state index in [1.807, 2.05) is 31.2 Å². The third-order valence-corrected chi connectivity index (χ3v) is 4.52. The van der Waals surface area contributed by atoms with Crippen molar-refractivity contribution >= 4 is 23.4 Å². The van der Waals surface area contributed by atoms with Gasteiger partial charge in [-0.15, -0.1) is 0 Å². The summed E-state index contributed by atoms with van der Waals surface area (Å²) >= 11 is 5.94. The van der Waals surface area contributed by atoms with Gasteiger partial charge in [0.25, 0.3) is 0 Å². The number of carbonyl (C=O) groups is 2. The zero-order valence-electron chi connectivity index (χ0n) is 13.0. The fourth-order valence-electron chi connectivity index (χ4n) is 3.05. The molecule has 0 aromatic heterocycles. The van der Waals surface area contributed by atoms with Crippen molar-refractivity contribution in [1.29, 1.82) is 0 Å². The van der Waals surface area contributed by atoms with Gasteiger partial charge >= 0.3 is 0 Å². The van der Waals surface area contributed by atoms with Crippen molar-refractivity contribution in [2.75, 3.05) is 13.1 Å². The number of amides is 2. The molecule has 0 spiro atoms. The largest absolute Gasteiger partial charge is 0.355 e. The zero-order valence-corrected chi connectivity index (χ0v) is 13.7. The molecular weight excluding hydrogens is 300 g/mol. The van der Waals surface area contributed by atoms with Crippen LogP contribution in [0.25, 0.3) is 0 Å². The molecule has 2 N–H and O–H groups in total. The maximum absolute atomic E-state index is 12.7. The van der Waals surface area contributed by atoms with Gasteiger partial charge in [0.05, 0.1) is 12.0 Å². The number of halogens is 1. The van der Waals surface area contributed by atoms with E-state index in [1.54, 1.807) is 0 Å². The molecule has 0 bridgehead atoms. The second kappa shape index (κ2) is 7.63. The van der Waals surface area contributed by atoms with Crippen molar-refractivity contribution in [1.82, 2.24) is 10.6 Å². The topological polar surface area (TPSA) is 58.2 Å². The first kappa shape index (κ1) is 16.8. The number of hydrogen-bond acceptors (Lipinski definition) is 2. The van der Waals surface area contributed by atoms with E-state index in [-0.39, 0.29) is 18.4 Å². The van der Waals surface area contributed by atoms with Crippen molar-refractivity contribution in [2.45, 2.75) is 44.4 Å². The van der Waals surface area contributed by atoms with Gasteiger partial charge in [0.1, 0.15) is 0 Å². The van der Waals surface area contributed by atoms with Gasteiger partial charge in [-0.2, -0.15) is 0 Å². The Morgan fingerprint density at radius 1 is 1.14 bits per heavy atom. The standard InChI is InChI=1S/C17H23ClN2O2/c1-2-11-19-15(21)12-20-16(22)17(9-3-4-10-17)13-5-7-14(18)8-6-13/h5-8H,2-4,9-12H2,1H3,(H,19,21)(H,20,22). The predicted octanol–water partition coefficient (Wildman–Crippen LogP) is 2.79. The molecule has 0 atom stereocenters. The summed E-state index contributed by atoms with van der Waals surface area (Å²) in [7, 11) is 0. The van der Waals surface area contributed by atoms with Crippen LogP contribution in [0.3, 0.4) is 0 Å². The molecule has 0 saturated heterocycles. The molecule has 22 heavy (non-hydrogen) atoms. The van der Waals surface area contributed by atoms with E-state index in [0.717, 1.165) is 37.7 Å². The van der Waals surface area contributed by atoms with Crippen LogP contribution in [-0.2, 0) is 15.0 Å². The molecule has 1 fully saturated rings. The van der Waals surface area contributed by atoms with Crippen LogP contribution < -0.4 is 10.6 Å². The number of nitrogens with one attached hydrogen (secondary N) is 2. The molecule has 2 amide bonds. The Kier molecular flexibility index (Phi) is 5.83. The highest BCUT2D eigenvalue weighted by Crippen LogP contribution is 2.41. The SMILES string of the molecule is CCCNC(=O)CNC(=O)C1(c2ccc(Cl)cc2)CCCC1. The first-order valence-electron chi connectivity index (χ1n) is 7.89. The summed E-state index contributed by atoms with van der Waals surface area (Å²) in [6, 6.07) is 7.48. The smallest absolute Gasteiger partial charge is 0.239 e. The molecule has 0 heterocycles. The minimum atomic E-state index is -0.518. The van der Waals surface area contributed by atoms with E-state index in [9.17, 15) is 9.59 Å². The molecule has 1 aliphatic rings. The fourth-order valence-corrected chi connectivity index (χ4v) is 3.18. The van der Waals surface area contributed by atoms with E-state index in [2.05, 4.69) is 10.6 Å². The predicted molar refractivity (Wildman–Crippen MR) is 87.9 cm³/mol. The minimum absolute atomic E-state index is 0.0359. The number of benzene rings is 1. The average molecular weight is 323 g/mol. The van der Waals surface area contributed by atoms with Crippen LogP contribution in [0.2, 0.25) is 5.02 Å². The summed E-state index contributed by atoms with van der Waals surface area (Å²) in [5.41, 5.74) is 0.469. The van der Waals surface area contributed by atoms with Crippen molar-refractivity contribution in [3.8, 4) is 0 Å². The molecule has 0 unspecified atom stereocenters. The Morgan fingerprint density at radius 2 is 1.77 bits per heavy atom. The van der Waals surface area contributed by atoms with Gasteiger partial charge in [0.2, 0.25) is 11.8 Å². The molecule has 4 nitrogen and oxygen atoms in total. The average Bonchev–Trinajstić information content (AvgIpc) is 3.02. The van der Waals surface area contributed by atoms with E-state index in [1.165, 1.54) is 0 Å². The maximum atomic E-state index is 12.7. The summed E-state index contributed by atoms with van der Waals surface area (Å²) in [6.45, 7) is 2.66. The number of rotatable bonds is 6. The van der Waals surface area contributed by atoms with Crippen LogP contribution in [0.5, 0.6) is 0 Å². The molecule has 1 aromatic rings.